The highest BCUT2D eigenvalue weighted by Gasteiger charge is 2.36. The van der Waals surface area contributed by atoms with E-state index in [0.717, 1.165) is 24.0 Å². The Morgan fingerprint density at radius 3 is 2.65 bits per heavy atom. The number of nitrogens with zero attached hydrogens (tertiary/aromatic N) is 1. The predicted octanol–water partition coefficient (Wildman–Crippen LogP) is 2.26. The Kier molecular flexibility index (Phi) is 4.66. The van der Waals surface area contributed by atoms with Crippen LogP contribution in [0.3, 0.4) is 0 Å². The molecule has 0 aliphatic carbocycles. The molecule has 1 aromatic rings. The molecule has 2 unspecified atom stereocenters. The van der Waals surface area contributed by atoms with Gasteiger partial charge in [-0.2, -0.15) is 0 Å². The van der Waals surface area contributed by atoms with Gasteiger partial charge in [-0.15, -0.1) is 0 Å². The number of carboxylic acids is 1. The third-order valence-corrected chi connectivity index (χ3v) is 5.17. The van der Waals surface area contributed by atoms with Gasteiger partial charge < -0.3 is 14.7 Å². The van der Waals surface area contributed by atoms with Gasteiger partial charge in [0.1, 0.15) is 0 Å². The summed E-state index contributed by atoms with van der Waals surface area (Å²) >= 11 is 0. The average Bonchev–Trinajstić information content (AvgIpc) is 2.60. The van der Waals surface area contributed by atoms with Gasteiger partial charge in [0.05, 0.1) is 5.92 Å². The molecule has 1 aromatic carbocycles. The molecule has 5 heteroatoms. The molecule has 2 heterocycles. The fourth-order valence-electron chi connectivity index (χ4n) is 3.69. The third-order valence-electron chi connectivity index (χ3n) is 5.17. The van der Waals surface area contributed by atoms with Gasteiger partial charge in [-0.1, -0.05) is 31.2 Å². The molecule has 5 nitrogen and oxygen atoms in total. The molecule has 0 radical (unpaired) electrons. The van der Waals surface area contributed by atoms with E-state index in [1.165, 1.54) is 0 Å². The maximum Gasteiger partial charge on any atom is 0.312 e. The van der Waals surface area contributed by atoms with Crippen LogP contribution in [-0.2, 0) is 20.9 Å². The van der Waals surface area contributed by atoms with E-state index >= 15 is 0 Å². The SMILES string of the molecule is CC(C(=O)N1Cc2ccccc2C(C(=O)O)C1)C1CCOCC1. The summed E-state index contributed by atoms with van der Waals surface area (Å²) in [6.07, 6.45) is 1.80. The molecule has 1 amide bonds. The van der Waals surface area contributed by atoms with E-state index in [1.54, 1.807) is 4.90 Å². The van der Waals surface area contributed by atoms with Crippen molar-refractivity contribution in [1.29, 1.82) is 0 Å². The lowest BCUT2D eigenvalue weighted by Gasteiger charge is -2.36. The summed E-state index contributed by atoms with van der Waals surface area (Å²) in [5, 5.41) is 9.52. The molecule has 0 bridgehead atoms. The second-order valence-corrected chi connectivity index (χ2v) is 6.55. The molecule has 23 heavy (non-hydrogen) atoms. The van der Waals surface area contributed by atoms with Crippen molar-refractivity contribution in [1.82, 2.24) is 4.90 Å². The first-order valence-corrected chi connectivity index (χ1v) is 8.25. The van der Waals surface area contributed by atoms with Gasteiger partial charge in [0, 0.05) is 32.2 Å². The summed E-state index contributed by atoms with van der Waals surface area (Å²) in [5.74, 6) is -1.19. The minimum absolute atomic E-state index is 0.0673. The van der Waals surface area contributed by atoms with Gasteiger partial charge >= 0.3 is 5.97 Å². The Balaban J connectivity index is 1.78. The molecule has 0 saturated carbocycles. The molecular weight excluding hydrogens is 294 g/mol. The number of benzene rings is 1. The summed E-state index contributed by atoms with van der Waals surface area (Å²) in [7, 11) is 0. The second-order valence-electron chi connectivity index (χ2n) is 6.55. The first-order chi connectivity index (χ1) is 11.1. The molecule has 0 spiro atoms. The van der Waals surface area contributed by atoms with Crippen molar-refractivity contribution in [2.24, 2.45) is 11.8 Å². The highest BCUT2D eigenvalue weighted by molar-refractivity contribution is 5.82. The van der Waals surface area contributed by atoms with Crippen molar-refractivity contribution < 1.29 is 19.4 Å². The predicted molar refractivity (Wildman–Crippen MR) is 84.9 cm³/mol. The number of amides is 1. The molecule has 1 N–H and O–H groups in total. The fraction of sp³-hybridized carbons (Fsp3) is 0.556. The maximum atomic E-state index is 12.9. The van der Waals surface area contributed by atoms with Gasteiger partial charge in [-0.05, 0) is 29.9 Å². The Bertz CT molecular complexity index is 594. The largest absolute Gasteiger partial charge is 0.481 e. The molecular formula is C18H23NO4. The zero-order valence-corrected chi connectivity index (χ0v) is 13.4. The van der Waals surface area contributed by atoms with E-state index in [9.17, 15) is 14.7 Å². The lowest BCUT2D eigenvalue weighted by molar-refractivity contribution is -0.143. The zero-order chi connectivity index (χ0) is 16.4. The summed E-state index contributed by atoms with van der Waals surface area (Å²) in [4.78, 5) is 26.2. The quantitative estimate of drug-likeness (QED) is 0.928. The summed E-state index contributed by atoms with van der Waals surface area (Å²) in [5.41, 5.74) is 1.78. The van der Waals surface area contributed by atoms with E-state index in [0.29, 0.717) is 25.7 Å². The minimum atomic E-state index is -0.867. The second kappa shape index (κ2) is 6.71. The molecule has 2 atom stereocenters. The van der Waals surface area contributed by atoms with Crippen LogP contribution in [-0.4, -0.2) is 41.6 Å². The molecule has 2 aliphatic heterocycles. The Labute approximate surface area is 136 Å². The highest BCUT2D eigenvalue weighted by Crippen LogP contribution is 2.31. The number of hydrogen-bond acceptors (Lipinski definition) is 3. The standard InChI is InChI=1S/C18H23NO4/c1-12(13-6-8-23-9-7-13)17(20)19-10-14-4-2-3-5-15(14)16(11-19)18(21)22/h2-5,12-13,16H,6-11H2,1H3,(H,21,22). The summed E-state index contributed by atoms with van der Waals surface area (Å²) in [6, 6.07) is 7.53. The first kappa shape index (κ1) is 16.0. The molecule has 2 aliphatic rings. The number of ether oxygens (including phenoxy) is 1. The van der Waals surface area contributed by atoms with Crippen LogP contribution >= 0.6 is 0 Å². The van der Waals surface area contributed by atoms with Crippen LogP contribution in [0.2, 0.25) is 0 Å². The Hall–Kier alpha value is -1.88. The first-order valence-electron chi connectivity index (χ1n) is 8.25. The Morgan fingerprint density at radius 1 is 1.26 bits per heavy atom. The number of hydrogen-bond donors (Lipinski definition) is 1. The lowest BCUT2D eigenvalue weighted by Crippen LogP contribution is -2.44. The van der Waals surface area contributed by atoms with Crippen molar-refractivity contribution in [3.63, 3.8) is 0 Å². The van der Waals surface area contributed by atoms with Gasteiger partial charge in [-0.25, -0.2) is 0 Å². The summed E-state index contributed by atoms with van der Waals surface area (Å²) < 4.78 is 5.37. The number of carbonyl (C=O) groups excluding carboxylic acids is 1. The molecule has 124 valence electrons. The minimum Gasteiger partial charge on any atom is -0.481 e. The number of rotatable bonds is 3. The van der Waals surface area contributed by atoms with Crippen LogP contribution in [0.4, 0.5) is 0 Å². The smallest absolute Gasteiger partial charge is 0.312 e. The monoisotopic (exact) mass is 317 g/mol. The Morgan fingerprint density at radius 2 is 1.96 bits per heavy atom. The van der Waals surface area contributed by atoms with Crippen molar-refractivity contribution in [2.75, 3.05) is 19.8 Å². The van der Waals surface area contributed by atoms with E-state index in [1.807, 2.05) is 31.2 Å². The van der Waals surface area contributed by atoms with Crippen molar-refractivity contribution in [3.8, 4) is 0 Å². The van der Waals surface area contributed by atoms with Crippen LogP contribution in [0.5, 0.6) is 0 Å². The highest BCUT2D eigenvalue weighted by atomic mass is 16.5. The number of aliphatic carboxylic acids is 1. The third kappa shape index (κ3) is 3.24. The number of carbonyl (C=O) groups is 2. The van der Waals surface area contributed by atoms with Gasteiger partial charge in [0.15, 0.2) is 0 Å². The molecule has 1 saturated heterocycles. The van der Waals surface area contributed by atoms with Crippen molar-refractivity contribution >= 4 is 11.9 Å². The topological polar surface area (TPSA) is 66.8 Å². The summed E-state index contributed by atoms with van der Waals surface area (Å²) in [6.45, 7) is 4.16. The number of fused-ring (bicyclic) bond motifs is 1. The van der Waals surface area contributed by atoms with Crippen LogP contribution in [0.1, 0.15) is 36.8 Å². The van der Waals surface area contributed by atoms with Gasteiger partial charge in [0.25, 0.3) is 0 Å². The normalized spacial score (nSPS) is 23.2. The van der Waals surface area contributed by atoms with E-state index in [-0.39, 0.29) is 18.4 Å². The van der Waals surface area contributed by atoms with Crippen molar-refractivity contribution in [2.45, 2.75) is 32.2 Å². The molecule has 3 rings (SSSR count). The van der Waals surface area contributed by atoms with Crippen LogP contribution in [0.25, 0.3) is 0 Å². The molecule has 0 aromatic heterocycles. The average molecular weight is 317 g/mol. The van der Waals surface area contributed by atoms with Crippen molar-refractivity contribution in [3.05, 3.63) is 35.4 Å². The van der Waals surface area contributed by atoms with E-state index in [4.69, 9.17) is 4.74 Å². The number of carboxylic acid groups (broad SMARTS) is 1. The maximum absolute atomic E-state index is 12.9. The molecule has 1 fully saturated rings. The van der Waals surface area contributed by atoms with Crippen LogP contribution < -0.4 is 0 Å². The van der Waals surface area contributed by atoms with Gasteiger partial charge in [0.2, 0.25) is 5.91 Å². The fourth-order valence-corrected chi connectivity index (χ4v) is 3.69. The van der Waals surface area contributed by atoms with Crippen LogP contribution in [0.15, 0.2) is 24.3 Å². The van der Waals surface area contributed by atoms with Gasteiger partial charge in [-0.3, -0.25) is 9.59 Å². The van der Waals surface area contributed by atoms with Crippen LogP contribution in [0, 0.1) is 11.8 Å². The van der Waals surface area contributed by atoms with E-state index < -0.39 is 11.9 Å². The lowest BCUT2D eigenvalue weighted by atomic mass is 9.84. The zero-order valence-electron chi connectivity index (χ0n) is 13.4. The van der Waals surface area contributed by atoms with E-state index in [2.05, 4.69) is 0 Å².